The Labute approximate surface area is 97.3 Å². The van der Waals surface area contributed by atoms with Gasteiger partial charge in [0, 0.05) is 37.4 Å². The fourth-order valence-electron chi connectivity index (χ4n) is 2.68. The molecule has 0 bridgehead atoms. The maximum absolute atomic E-state index is 4.42. The van der Waals surface area contributed by atoms with E-state index in [-0.39, 0.29) is 0 Å². The number of imidazole rings is 1. The lowest BCUT2D eigenvalue weighted by molar-refractivity contribution is 0.173. The highest BCUT2D eigenvalue weighted by Gasteiger charge is 2.34. The van der Waals surface area contributed by atoms with Crippen molar-refractivity contribution < 1.29 is 0 Å². The topological polar surface area (TPSA) is 29.9 Å². The molecule has 3 rings (SSSR count). The zero-order chi connectivity index (χ0) is 11.0. The van der Waals surface area contributed by atoms with Gasteiger partial charge in [-0.15, -0.1) is 0 Å². The van der Waals surface area contributed by atoms with Gasteiger partial charge in [0.25, 0.3) is 0 Å². The summed E-state index contributed by atoms with van der Waals surface area (Å²) >= 11 is 0. The monoisotopic (exact) mass is 219 g/mol. The summed E-state index contributed by atoms with van der Waals surface area (Å²) in [5.41, 5.74) is 0. The van der Waals surface area contributed by atoms with Crippen LogP contribution in [-0.2, 0) is 6.42 Å². The lowest BCUT2D eigenvalue weighted by Crippen LogP contribution is -2.38. The molecule has 2 fully saturated rings. The van der Waals surface area contributed by atoms with Crippen LogP contribution in [0.15, 0.2) is 12.4 Å². The molecule has 0 amide bonds. The fraction of sp³-hybridized carbons (Fsp3) is 0.769. The van der Waals surface area contributed by atoms with Crippen molar-refractivity contribution in [2.24, 2.45) is 5.92 Å². The molecule has 2 aliphatic rings. The molecule has 2 saturated carbocycles. The van der Waals surface area contributed by atoms with E-state index in [1.165, 1.54) is 38.1 Å². The third-order valence-corrected chi connectivity index (χ3v) is 4.05. The molecule has 1 aromatic heterocycles. The molecule has 3 heteroatoms. The standard InChI is InChI=1S/C13H21N3/c1-2-13-14-7-8-16(13)12-6-3-10(12)9-15-11-4-5-11/h7-8,10-12,15H,2-6,9H2,1H3. The van der Waals surface area contributed by atoms with Crippen molar-refractivity contribution >= 4 is 0 Å². The zero-order valence-corrected chi connectivity index (χ0v) is 10.0. The van der Waals surface area contributed by atoms with Crippen LogP contribution in [0.2, 0.25) is 0 Å². The van der Waals surface area contributed by atoms with Crippen molar-refractivity contribution in [3.8, 4) is 0 Å². The summed E-state index contributed by atoms with van der Waals surface area (Å²) < 4.78 is 2.41. The van der Waals surface area contributed by atoms with Gasteiger partial charge in [-0.3, -0.25) is 0 Å². The molecular formula is C13H21N3. The molecule has 0 aromatic carbocycles. The van der Waals surface area contributed by atoms with Crippen molar-refractivity contribution in [3.05, 3.63) is 18.2 Å². The summed E-state index contributed by atoms with van der Waals surface area (Å²) in [6.07, 6.45) is 10.7. The highest BCUT2D eigenvalue weighted by molar-refractivity contribution is 5.00. The highest BCUT2D eigenvalue weighted by Crippen LogP contribution is 2.39. The van der Waals surface area contributed by atoms with Gasteiger partial charge in [-0.25, -0.2) is 4.98 Å². The van der Waals surface area contributed by atoms with Gasteiger partial charge in [0.2, 0.25) is 0 Å². The van der Waals surface area contributed by atoms with E-state index in [0.29, 0.717) is 6.04 Å². The van der Waals surface area contributed by atoms with Gasteiger partial charge in [0.1, 0.15) is 5.82 Å². The highest BCUT2D eigenvalue weighted by atomic mass is 15.1. The normalized spacial score (nSPS) is 29.1. The zero-order valence-electron chi connectivity index (χ0n) is 10.0. The second kappa shape index (κ2) is 4.21. The molecule has 0 saturated heterocycles. The number of nitrogens with one attached hydrogen (secondary N) is 1. The Balaban J connectivity index is 1.61. The lowest BCUT2D eigenvalue weighted by atomic mass is 9.79. The van der Waals surface area contributed by atoms with Crippen LogP contribution in [0.3, 0.4) is 0 Å². The Morgan fingerprint density at radius 2 is 2.25 bits per heavy atom. The Hall–Kier alpha value is -0.830. The van der Waals surface area contributed by atoms with Crippen molar-refractivity contribution in [2.75, 3.05) is 6.54 Å². The molecule has 2 unspecified atom stereocenters. The summed E-state index contributed by atoms with van der Waals surface area (Å²) in [4.78, 5) is 4.42. The first-order valence-corrected chi connectivity index (χ1v) is 6.63. The van der Waals surface area contributed by atoms with Gasteiger partial charge in [-0.2, -0.15) is 0 Å². The molecule has 3 nitrogen and oxygen atoms in total. The number of hydrogen-bond donors (Lipinski definition) is 1. The summed E-state index contributed by atoms with van der Waals surface area (Å²) in [5, 5.41) is 3.65. The quantitative estimate of drug-likeness (QED) is 0.822. The minimum atomic E-state index is 0.712. The van der Waals surface area contributed by atoms with Gasteiger partial charge < -0.3 is 9.88 Å². The summed E-state index contributed by atoms with van der Waals surface area (Å²) in [6.45, 7) is 3.39. The van der Waals surface area contributed by atoms with Crippen LogP contribution in [-0.4, -0.2) is 22.1 Å². The van der Waals surface area contributed by atoms with E-state index >= 15 is 0 Å². The van der Waals surface area contributed by atoms with Gasteiger partial charge >= 0.3 is 0 Å². The van der Waals surface area contributed by atoms with Crippen molar-refractivity contribution in [1.29, 1.82) is 0 Å². The van der Waals surface area contributed by atoms with E-state index < -0.39 is 0 Å². The Morgan fingerprint density at radius 3 is 2.88 bits per heavy atom. The average Bonchev–Trinajstić information content (AvgIpc) is 2.96. The van der Waals surface area contributed by atoms with Crippen LogP contribution >= 0.6 is 0 Å². The van der Waals surface area contributed by atoms with Crippen molar-refractivity contribution in [1.82, 2.24) is 14.9 Å². The Bertz CT molecular complexity index is 354. The average molecular weight is 219 g/mol. The second-order valence-electron chi connectivity index (χ2n) is 5.19. The molecule has 2 aliphatic carbocycles. The number of nitrogens with zero attached hydrogens (tertiary/aromatic N) is 2. The van der Waals surface area contributed by atoms with Crippen LogP contribution in [0, 0.1) is 5.92 Å². The third-order valence-electron chi connectivity index (χ3n) is 4.05. The largest absolute Gasteiger partial charge is 0.332 e. The molecule has 1 N–H and O–H groups in total. The van der Waals surface area contributed by atoms with Gasteiger partial charge in [0.15, 0.2) is 0 Å². The maximum Gasteiger partial charge on any atom is 0.108 e. The number of aromatic nitrogens is 2. The lowest BCUT2D eigenvalue weighted by Gasteiger charge is -2.38. The predicted molar refractivity (Wildman–Crippen MR) is 64.4 cm³/mol. The molecule has 0 spiro atoms. The van der Waals surface area contributed by atoms with E-state index in [2.05, 4.69) is 28.0 Å². The fourth-order valence-corrected chi connectivity index (χ4v) is 2.68. The van der Waals surface area contributed by atoms with Crippen LogP contribution in [0.1, 0.15) is 44.5 Å². The van der Waals surface area contributed by atoms with E-state index in [4.69, 9.17) is 0 Å². The first-order chi connectivity index (χ1) is 7.88. The van der Waals surface area contributed by atoms with Crippen LogP contribution in [0.25, 0.3) is 0 Å². The number of hydrogen-bond acceptors (Lipinski definition) is 2. The van der Waals surface area contributed by atoms with Crippen LogP contribution < -0.4 is 5.32 Å². The van der Waals surface area contributed by atoms with E-state index in [9.17, 15) is 0 Å². The maximum atomic E-state index is 4.42. The SMILES string of the molecule is CCc1nccn1C1CCC1CNC1CC1. The molecule has 2 atom stereocenters. The first kappa shape index (κ1) is 10.3. The van der Waals surface area contributed by atoms with Crippen LogP contribution in [0.5, 0.6) is 0 Å². The van der Waals surface area contributed by atoms with Crippen molar-refractivity contribution in [2.45, 2.75) is 51.1 Å². The molecule has 88 valence electrons. The Kier molecular flexibility index (Phi) is 2.72. The van der Waals surface area contributed by atoms with E-state index in [1.54, 1.807) is 0 Å². The van der Waals surface area contributed by atoms with E-state index in [0.717, 1.165) is 18.4 Å². The second-order valence-corrected chi connectivity index (χ2v) is 5.19. The molecular weight excluding hydrogens is 198 g/mol. The molecule has 16 heavy (non-hydrogen) atoms. The first-order valence-electron chi connectivity index (χ1n) is 6.63. The van der Waals surface area contributed by atoms with Crippen molar-refractivity contribution in [3.63, 3.8) is 0 Å². The minimum Gasteiger partial charge on any atom is -0.332 e. The summed E-state index contributed by atoms with van der Waals surface area (Å²) in [7, 11) is 0. The van der Waals surface area contributed by atoms with Crippen LogP contribution in [0.4, 0.5) is 0 Å². The Morgan fingerprint density at radius 1 is 1.38 bits per heavy atom. The minimum absolute atomic E-state index is 0.712. The number of aryl methyl sites for hydroxylation is 1. The summed E-state index contributed by atoms with van der Waals surface area (Å²) in [5.74, 6) is 2.08. The van der Waals surface area contributed by atoms with E-state index in [1.807, 2.05) is 6.20 Å². The molecule has 0 radical (unpaired) electrons. The van der Waals surface area contributed by atoms with Gasteiger partial charge in [0.05, 0.1) is 0 Å². The third kappa shape index (κ3) is 1.88. The molecule has 1 heterocycles. The summed E-state index contributed by atoms with van der Waals surface area (Å²) in [6, 6.07) is 1.55. The van der Waals surface area contributed by atoms with Gasteiger partial charge in [-0.05, 0) is 31.6 Å². The molecule has 1 aromatic rings. The smallest absolute Gasteiger partial charge is 0.108 e. The van der Waals surface area contributed by atoms with Gasteiger partial charge in [-0.1, -0.05) is 6.92 Å². The molecule has 0 aliphatic heterocycles. The predicted octanol–water partition coefficient (Wildman–Crippen LogP) is 2.15. The number of rotatable bonds is 5.